The van der Waals surface area contributed by atoms with Crippen molar-refractivity contribution in [2.75, 3.05) is 30.8 Å². The van der Waals surface area contributed by atoms with Gasteiger partial charge in [0.2, 0.25) is 0 Å². The number of allylic oxidation sites excluding steroid dienone is 3. The number of esters is 1. The fraction of sp³-hybridized carbons (Fsp3) is 0.302. The molecule has 3 saturated heterocycles. The summed E-state index contributed by atoms with van der Waals surface area (Å²) in [6.07, 6.45) is 7.30. The van der Waals surface area contributed by atoms with Gasteiger partial charge in [-0.2, -0.15) is 0 Å². The second-order valence-electron chi connectivity index (χ2n) is 13.9. The molecule has 266 valence electrons. The Labute approximate surface area is 305 Å². The Hall–Kier alpha value is -5.54. The summed E-state index contributed by atoms with van der Waals surface area (Å²) in [7, 11) is 1.66. The molecule has 4 aliphatic rings. The van der Waals surface area contributed by atoms with Crippen molar-refractivity contribution in [3.05, 3.63) is 120 Å². The number of fused-ring (bicyclic) bond motifs is 6. The lowest BCUT2D eigenvalue weighted by atomic mass is 9.73. The van der Waals surface area contributed by atoms with Crippen molar-refractivity contribution in [1.82, 2.24) is 9.88 Å². The molecule has 1 unspecified atom stereocenters. The Morgan fingerprint density at radius 1 is 0.962 bits per heavy atom. The highest BCUT2D eigenvalue weighted by molar-refractivity contribution is 6.20. The maximum atomic E-state index is 15.0. The van der Waals surface area contributed by atoms with Crippen LogP contribution in [0.15, 0.2) is 125 Å². The van der Waals surface area contributed by atoms with Crippen LogP contribution in [0.1, 0.15) is 52.2 Å². The van der Waals surface area contributed by atoms with E-state index in [1.807, 2.05) is 107 Å². The Morgan fingerprint density at radius 3 is 2.40 bits per heavy atom. The number of rotatable bonds is 6. The summed E-state index contributed by atoms with van der Waals surface area (Å²) < 4.78 is 12.5. The Balaban J connectivity index is 1.36. The smallest absolute Gasteiger partial charge is 0.342 e. The van der Waals surface area contributed by atoms with Gasteiger partial charge >= 0.3 is 5.97 Å². The Kier molecular flexibility index (Phi) is 10.0. The lowest BCUT2D eigenvalue weighted by Gasteiger charge is -2.51. The maximum Gasteiger partial charge on any atom is 0.342 e. The fourth-order valence-corrected chi connectivity index (χ4v) is 7.95. The number of methoxy groups -OCH3 is 1. The number of anilines is 2. The van der Waals surface area contributed by atoms with Crippen LogP contribution in [0.2, 0.25) is 0 Å². The van der Waals surface area contributed by atoms with Crippen molar-refractivity contribution >= 4 is 51.0 Å². The van der Waals surface area contributed by atoms with Gasteiger partial charge in [0.1, 0.15) is 11.9 Å². The highest BCUT2D eigenvalue weighted by Gasteiger charge is 2.44. The van der Waals surface area contributed by atoms with Gasteiger partial charge in [-0.3, -0.25) is 19.9 Å². The summed E-state index contributed by atoms with van der Waals surface area (Å²) in [4.78, 5) is 32.1. The van der Waals surface area contributed by atoms with E-state index in [0.29, 0.717) is 34.5 Å². The van der Waals surface area contributed by atoms with Crippen LogP contribution in [0.5, 0.6) is 5.75 Å². The summed E-state index contributed by atoms with van der Waals surface area (Å²) in [6.45, 7) is 13.7. The zero-order valence-electron chi connectivity index (χ0n) is 30.5. The van der Waals surface area contributed by atoms with Crippen molar-refractivity contribution in [3.63, 3.8) is 0 Å². The number of hydrogen-bond acceptors (Lipinski definition) is 9. The SMILES string of the molecule is C=C[C@@H]1CN2CC[C@H]1C[C@H]2[C@H](OC(=O)/C1=C(/C)Nc2ccccc2N=C(C)/C=C(\C)Nc2ccccc2N=C1C)c1ccnc2ccc(OC)cc12. The number of benzene rings is 3. The number of carbonyl (C=O) groups excluding carboxylic acids is 1. The summed E-state index contributed by atoms with van der Waals surface area (Å²) in [5.74, 6) is 1.14. The van der Waals surface area contributed by atoms with E-state index in [0.717, 1.165) is 76.6 Å². The number of para-hydroxylation sites is 4. The first-order chi connectivity index (χ1) is 25.2. The molecule has 0 amide bonds. The molecule has 9 nitrogen and oxygen atoms in total. The van der Waals surface area contributed by atoms with Crippen molar-refractivity contribution in [3.8, 4) is 5.75 Å². The normalized spacial score (nSPS) is 24.7. The molecule has 3 fully saturated rings. The van der Waals surface area contributed by atoms with Gasteiger partial charge in [-0.1, -0.05) is 30.3 Å². The van der Waals surface area contributed by atoms with Crippen molar-refractivity contribution in [1.29, 1.82) is 0 Å². The molecule has 5 heterocycles. The van der Waals surface area contributed by atoms with E-state index < -0.39 is 12.1 Å². The molecule has 0 radical (unpaired) electrons. The van der Waals surface area contributed by atoms with Gasteiger partial charge in [-0.15, -0.1) is 6.58 Å². The topological polar surface area (TPSA) is 100 Å². The molecule has 52 heavy (non-hydrogen) atoms. The second kappa shape index (κ2) is 15.0. The molecule has 8 rings (SSSR count). The number of hydrogen-bond donors (Lipinski definition) is 2. The van der Waals surface area contributed by atoms with Gasteiger partial charge in [-0.25, -0.2) is 4.79 Å². The number of pyridine rings is 1. The third-order valence-electron chi connectivity index (χ3n) is 10.4. The third-order valence-corrected chi connectivity index (χ3v) is 10.4. The van der Waals surface area contributed by atoms with Gasteiger partial charge in [0, 0.05) is 40.8 Å². The van der Waals surface area contributed by atoms with Crippen LogP contribution >= 0.6 is 0 Å². The Bertz CT molecular complexity index is 2150. The minimum absolute atomic E-state index is 0.0296. The largest absolute Gasteiger partial charge is 0.497 e. The highest BCUT2D eigenvalue weighted by atomic mass is 16.5. The van der Waals surface area contributed by atoms with E-state index in [1.165, 1.54) is 0 Å². The quantitative estimate of drug-likeness (QED) is 0.153. The summed E-state index contributed by atoms with van der Waals surface area (Å²) in [5.41, 5.74) is 7.98. The molecule has 2 N–H and O–H groups in total. The first-order valence-corrected chi connectivity index (χ1v) is 17.9. The first-order valence-electron chi connectivity index (χ1n) is 17.9. The van der Waals surface area contributed by atoms with E-state index in [1.54, 1.807) is 13.3 Å². The van der Waals surface area contributed by atoms with Crippen LogP contribution < -0.4 is 15.4 Å². The number of nitrogens with one attached hydrogen (secondary N) is 2. The molecule has 1 aromatic heterocycles. The molecule has 0 spiro atoms. The summed E-state index contributed by atoms with van der Waals surface area (Å²) in [6, 6.07) is 23.4. The minimum atomic E-state index is -0.582. The van der Waals surface area contributed by atoms with Crippen LogP contribution in [0.4, 0.5) is 22.7 Å². The minimum Gasteiger partial charge on any atom is -0.497 e. The molecule has 0 saturated carbocycles. The second-order valence-corrected chi connectivity index (χ2v) is 13.9. The van der Waals surface area contributed by atoms with Crippen LogP contribution in [-0.2, 0) is 9.53 Å². The predicted octanol–water partition coefficient (Wildman–Crippen LogP) is 9.32. The van der Waals surface area contributed by atoms with Crippen molar-refractivity contribution in [2.24, 2.45) is 21.8 Å². The number of ether oxygens (including phenoxy) is 2. The van der Waals surface area contributed by atoms with E-state index in [-0.39, 0.29) is 6.04 Å². The standard InChI is InChI=1S/C43H46N6O3/c1-7-30-25-49-21-19-31(30)23-40(49)42(33-18-20-44-35-17-16-32(51-6)24-34(33)35)52-43(50)41-28(4)47-38-14-10-8-12-36(38)45-26(2)22-27(3)46-37-13-9-11-15-39(37)48-29(41)5/h7-18,20,22,24,30-31,40,42,45,48H,1,19,21,23,25H2,2-6H3/b26-22+,41-29-,46-27?,47-28?/t30-,31+,40+,42-/m1/s1. The van der Waals surface area contributed by atoms with Crippen LogP contribution in [0.3, 0.4) is 0 Å². The van der Waals surface area contributed by atoms with Gasteiger partial charge in [0.05, 0.1) is 52.7 Å². The molecule has 2 bridgehead atoms. The van der Waals surface area contributed by atoms with E-state index in [9.17, 15) is 4.79 Å². The van der Waals surface area contributed by atoms with Gasteiger partial charge in [0.15, 0.2) is 0 Å². The van der Waals surface area contributed by atoms with E-state index in [4.69, 9.17) is 19.5 Å². The zero-order valence-corrected chi connectivity index (χ0v) is 30.5. The fourth-order valence-electron chi connectivity index (χ4n) is 7.95. The van der Waals surface area contributed by atoms with E-state index >= 15 is 0 Å². The first kappa shape index (κ1) is 34.9. The number of nitrogens with zero attached hydrogens (tertiary/aromatic N) is 4. The van der Waals surface area contributed by atoms with Crippen LogP contribution in [-0.4, -0.2) is 53.5 Å². The molecule has 0 aliphatic carbocycles. The zero-order chi connectivity index (χ0) is 36.4. The number of piperidine rings is 3. The molecular weight excluding hydrogens is 649 g/mol. The number of aromatic nitrogens is 1. The average Bonchev–Trinajstić information content (AvgIpc) is 3.14. The summed E-state index contributed by atoms with van der Waals surface area (Å²) >= 11 is 0. The van der Waals surface area contributed by atoms with Crippen LogP contribution in [0, 0.1) is 11.8 Å². The molecule has 3 aromatic carbocycles. The van der Waals surface area contributed by atoms with Crippen LogP contribution in [0.25, 0.3) is 10.9 Å². The number of carbonyl (C=O) groups is 1. The molecule has 4 aliphatic heterocycles. The molecular formula is C43H46N6O3. The predicted molar refractivity (Wildman–Crippen MR) is 211 cm³/mol. The monoisotopic (exact) mass is 694 g/mol. The molecule has 9 heteroatoms. The van der Waals surface area contributed by atoms with Gasteiger partial charge in [-0.05, 0) is 114 Å². The van der Waals surface area contributed by atoms with Crippen molar-refractivity contribution < 1.29 is 14.3 Å². The van der Waals surface area contributed by atoms with Gasteiger partial charge < -0.3 is 20.1 Å². The molecule has 4 aromatic rings. The molecule has 5 atom stereocenters. The lowest BCUT2D eigenvalue weighted by molar-refractivity contribution is -0.152. The third kappa shape index (κ3) is 7.14. The van der Waals surface area contributed by atoms with E-state index in [2.05, 4.69) is 33.2 Å². The average molecular weight is 695 g/mol. The number of aliphatic imine (C=N–C) groups is 2. The highest BCUT2D eigenvalue weighted by Crippen LogP contribution is 2.44. The maximum absolute atomic E-state index is 15.0. The van der Waals surface area contributed by atoms with Gasteiger partial charge in [0.25, 0.3) is 0 Å². The summed E-state index contributed by atoms with van der Waals surface area (Å²) in [5, 5.41) is 7.90. The Morgan fingerprint density at radius 2 is 1.69 bits per heavy atom. The van der Waals surface area contributed by atoms with Crippen molar-refractivity contribution in [2.45, 2.75) is 52.7 Å². The lowest BCUT2D eigenvalue weighted by Crippen LogP contribution is -2.55.